The maximum absolute atomic E-state index is 12.8. The lowest BCUT2D eigenvalue weighted by Gasteiger charge is -2.28. The van der Waals surface area contributed by atoms with Gasteiger partial charge in [0, 0.05) is 34.3 Å². The highest BCUT2D eigenvalue weighted by Gasteiger charge is 2.38. The van der Waals surface area contributed by atoms with E-state index in [1.807, 2.05) is 23.9 Å². The van der Waals surface area contributed by atoms with Crippen LogP contribution < -0.4 is 5.32 Å². The third-order valence-corrected chi connectivity index (χ3v) is 5.38. The summed E-state index contributed by atoms with van der Waals surface area (Å²) in [7, 11) is 0. The second-order valence-corrected chi connectivity index (χ2v) is 7.93. The monoisotopic (exact) mass is 340 g/mol. The lowest BCUT2D eigenvalue weighted by Crippen LogP contribution is -2.42. The van der Waals surface area contributed by atoms with Gasteiger partial charge < -0.3 is 10.2 Å². The molecule has 0 spiro atoms. The predicted octanol–water partition coefficient (Wildman–Crippen LogP) is 3.58. The van der Waals surface area contributed by atoms with Crippen molar-refractivity contribution in [3.05, 3.63) is 29.8 Å². The van der Waals surface area contributed by atoms with Gasteiger partial charge in [0.15, 0.2) is 0 Å². The first kappa shape index (κ1) is 17.6. The van der Waals surface area contributed by atoms with E-state index in [1.165, 1.54) is 11.3 Å². The lowest BCUT2D eigenvalue weighted by atomic mass is 10.1. The van der Waals surface area contributed by atoms with E-state index in [-0.39, 0.29) is 18.3 Å². The molecule has 0 aromatic heterocycles. The van der Waals surface area contributed by atoms with Crippen molar-refractivity contribution in [2.75, 3.05) is 13.1 Å². The third-order valence-electron chi connectivity index (χ3n) is 4.36. The first-order valence-corrected chi connectivity index (χ1v) is 8.83. The molecule has 2 aliphatic heterocycles. The number of hydrogen-bond acceptors (Lipinski definition) is 3. The van der Waals surface area contributed by atoms with Gasteiger partial charge in [-0.05, 0) is 50.1 Å². The van der Waals surface area contributed by atoms with E-state index >= 15 is 0 Å². The molecule has 2 bridgehead atoms. The van der Waals surface area contributed by atoms with E-state index in [0.29, 0.717) is 17.3 Å². The molecule has 2 aliphatic rings. The zero-order valence-electron chi connectivity index (χ0n) is 13.2. The summed E-state index contributed by atoms with van der Waals surface area (Å²) >= 11 is 1.84. The van der Waals surface area contributed by atoms with Crippen LogP contribution in [0.3, 0.4) is 0 Å². The van der Waals surface area contributed by atoms with Gasteiger partial charge in [-0.25, -0.2) is 0 Å². The molecule has 2 unspecified atom stereocenters. The molecule has 1 amide bonds. The maximum Gasteiger partial charge on any atom is 0.254 e. The highest BCUT2D eigenvalue weighted by Crippen LogP contribution is 2.30. The van der Waals surface area contributed by atoms with Gasteiger partial charge in [0.2, 0.25) is 0 Å². The third kappa shape index (κ3) is 3.79. The normalized spacial score (nSPS) is 24.0. The van der Waals surface area contributed by atoms with Crippen LogP contribution in [0.5, 0.6) is 0 Å². The molecule has 5 heteroatoms. The van der Waals surface area contributed by atoms with Crippen LogP contribution in [0.1, 0.15) is 43.5 Å². The summed E-state index contributed by atoms with van der Waals surface area (Å²) in [6, 6.07) is 8.96. The number of carbonyl (C=O) groups is 1. The van der Waals surface area contributed by atoms with E-state index in [4.69, 9.17) is 0 Å². The highest BCUT2D eigenvalue weighted by molar-refractivity contribution is 7.99. The Balaban J connectivity index is 0.00000176. The number of nitrogens with one attached hydrogen (secondary N) is 1. The van der Waals surface area contributed by atoms with Crippen LogP contribution in [-0.2, 0) is 0 Å². The van der Waals surface area contributed by atoms with Crippen LogP contribution in [0.2, 0.25) is 0 Å². The van der Waals surface area contributed by atoms with Gasteiger partial charge in [0.05, 0.1) is 0 Å². The predicted molar refractivity (Wildman–Crippen MR) is 95.1 cm³/mol. The van der Waals surface area contributed by atoms with Crippen LogP contribution in [0.15, 0.2) is 29.2 Å². The Hall–Kier alpha value is -0.710. The van der Waals surface area contributed by atoms with Crippen LogP contribution in [0.25, 0.3) is 0 Å². The van der Waals surface area contributed by atoms with E-state index in [0.717, 1.165) is 31.5 Å². The number of nitrogens with zero attached hydrogens (tertiary/aromatic N) is 1. The molecule has 2 heterocycles. The molecule has 0 saturated carbocycles. The van der Waals surface area contributed by atoms with Crippen molar-refractivity contribution in [1.29, 1.82) is 0 Å². The summed E-state index contributed by atoms with van der Waals surface area (Å²) < 4.78 is 0. The number of rotatable bonds is 3. The number of fused-ring (bicyclic) bond motifs is 2. The summed E-state index contributed by atoms with van der Waals surface area (Å²) in [5.74, 6) is 0.215. The van der Waals surface area contributed by atoms with Crippen molar-refractivity contribution in [3.8, 4) is 0 Å². The molecule has 2 atom stereocenters. The van der Waals surface area contributed by atoms with Gasteiger partial charge in [-0.3, -0.25) is 4.79 Å². The Morgan fingerprint density at radius 2 is 1.86 bits per heavy atom. The number of hydrogen-bond donors (Lipinski definition) is 1. The average molecular weight is 341 g/mol. The van der Waals surface area contributed by atoms with E-state index in [9.17, 15) is 4.79 Å². The van der Waals surface area contributed by atoms with Crippen molar-refractivity contribution in [2.24, 2.45) is 0 Å². The second kappa shape index (κ2) is 7.71. The number of benzene rings is 1. The largest absolute Gasteiger partial charge is 0.331 e. The number of thioether (sulfide) groups is 1. The summed E-state index contributed by atoms with van der Waals surface area (Å²) in [4.78, 5) is 16.2. The van der Waals surface area contributed by atoms with Gasteiger partial charge in [0.25, 0.3) is 5.91 Å². The Kier molecular flexibility index (Phi) is 6.18. The van der Waals surface area contributed by atoms with Crippen molar-refractivity contribution < 1.29 is 4.79 Å². The topological polar surface area (TPSA) is 32.3 Å². The van der Waals surface area contributed by atoms with Crippen LogP contribution >= 0.6 is 24.2 Å². The fraction of sp³-hybridized carbons (Fsp3) is 0.588. The maximum atomic E-state index is 12.8. The number of carbonyl (C=O) groups excluding carboxylic acids is 1. The summed E-state index contributed by atoms with van der Waals surface area (Å²) in [5, 5.41) is 4.02. The highest BCUT2D eigenvalue weighted by atomic mass is 35.5. The molecule has 1 N–H and O–H groups in total. The molecule has 3 nitrogen and oxygen atoms in total. The minimum Gasteiger partial charge on any atom is -0.331 e. The summed E-state index contributed by atoms with van der Waals surface area (Å²) in [6.45, 7) is 6.36. The minimum absolute atomic E-state index is 0. The Morgan fingerprint density at radius 3 is 2.55 bits per heavy atom. The average Bonchev–Trinajstić information content (AvgIpc) is 2.71. The Morgan fingerprint density at radius 1 is 1.18 bits per heavy atom. The molecule has 22 heavy (non-hydrogen) atoms. The second-order valence-electron chi connectivity index (χ2n) is 6.28. The van der Waals surface area contributed by atoms with E-state index < -0.39 is 0 Å². The molecule has 2 fully saturated rings. The van der Waals surface area contributed by atoms with E-state index in [2.05, 4.69) is 36.2 Å². The molecule has 1 aromatic carbocycles. The summed E-state index contributed by atoms with van der Waals surface area (Å²) in [6.07, 6.45) is 3.40. The van der Waals surface area contributed by atoms with E-state index in [1.54, 1.807) is 0 Å². The zero-order valence-corrected chi connectivity index (χ0v) is 14.9. The smallest absolute Gasteiger partial charge is 0.254 e. The van der Waals surface area contributed by atoms with Crippen LogP contribution in [0.4, 0.5) is 0 Å². The molecule has 2 saturated heterocycles. The molecule has 122 valence electrons. The van der Waals surface area contributed by atoms with Crippen molar-refractivity contribution >= 4 is 30.1 Å². The standard InChI is InChI=1S/C17H24N2OS.ClH/c1-12(2)21-16-7-3-13(4-8-16)17(20)19-14-5-6-15(19)11-18-10-9-14;/h3-4,7-8,12,14-15,18H,5-6,9-11H2,1-2H3;1H. The summed E-state index contributed by atoms with van der Waals surface area (Å²) in [5.41, 5.74) is 0.835. The first-order valence-electron chi connectivity index (χ1n) is 7.95. The quantitative estimate of drug-likeness (QED) is 0.854. The van der Waals surface area contributed by atoms with Gasteiger partial charge in [-0.2, -0.15) is 0 Å². The minimum atomic E-state index is 0. The number of amides is 1. The molecule has 0 aliphatic carbocycles. The molecule has 3 rings (SSSR count). The van der Waals surface area contributed by atoms with Crippen LogP contribution in [-0.4, -0.2) is 41.2 Å². The molecular weight excluding hydrogens is 316 g/mol. The van der Waals surface area contributed by atoms with Gasteiger partial charge in [-0.1, -0.05) is 13.8 Å². The SMILES string of the molecule is CC(C)Sc1ccc(C(=O)N2C3CCNCC2CC3)cc1.Cl. The Bertz CT molecular complexity index is 492. The zero-order chi connectivity index (χ0) is 14.8. The lowest BCUT2D eigenvalue weighted by molar-refractivity contribution is 0.0680. The van der Waals surface area contributed by atoms with Gasteiger partial charge in [0.1, 0.15) is 0 Å². The fourth-order valence-electron chi connectivity index (χ4n) is 3.41. The van der Waals surface area contributed by atoms with Crippen molar-refractivity contribution in [1.82, 2.24) is 10.2 Å². The van der Waals surface area contributed by atoms with Gasteiger partial charge in [-0.15, -0.1) is 24.2 Å². The van der Waals surface area contributed by atoms with Crippen molar-refractivity contribution in [3.63, 3.8) is 0 Å². The fourth-order valence-corrected chi connectivity index (χ4v) is 4.25. The molecule has 1 aromatic rings. The molecular formula is C17H25ClN2OS. The van der Waals surface area contributed by atoms with Crippen molar-refractivity contribution in [2.45, 2.75) is 55.3 Å². The molecule has 0 radical (unpaired) electrons. The number of halogens is 1. The Labute approximate surface area is 143 Å². The van der Waals surface area contributed by atoms with Gasteiger partial charge >= 0.3 is 0 Å². The van der Waals surface area contributed by atoms with Crippen LogP contribution in [0, 0.1) is 0 Å². The first-order chi connectivity index (χ1) is 10.1.